The average molecular weight is 451 g/mol. The Hall–Kier alpha value is -4.14. The fraction of sp³-hybridized carbons (Fsp3) is 0.167. The van der Waals surface area contributed by atoms with Crippen molar-refractivity contribution in [3.05, 3.63) is 94.7 Å². The van der Waals surface area contributed by atoms with Crippen molar-refractivity contribution in [3.63, 3.8) is 0 Å². The van der Waals surface area contributed by atoms with Gasteiger partial charge in [0.15, 0.2) is 0 Å². The molecule has 0 aliphatic carbocycles. The van der Waals surface area contributed by atoms with Crippen LogP contribution in [-0.4, -0.2) is 32.8 Å². The zero-order chi connectivity index (χ0) is 23.5. The molecule has 1 aromatic heterocycles. The van der Waals surface area contributed by atoms with Crippen molar-refractivity contribution >= 4 is 23.6 Å². The molecule has 2 N–H and O–H groups in total. The molecule has 1 unspecified atom stereocenters. The number of carbonyl (C=O) groups is 3. The van der Waals surface area contributed by atoms with Crippen molar-refractivity contribution in [2.24, 2.45) is 0 Å². The summed E-state index contributed by atoms with van der Waals surface area (Å²) in [6.45, 7) is 0.137. The quantitative estimate of drug-likeness (QED) is 0.562. The summed E-state index contributed by atoms with van der Waals surface area (Å²) in [5.41, 5.74) is 1.15. The molecule has 7 nitrogen and oxygen atoms in total. The van der Waals surface area contributed by atoms with Gasteiger partial charge in [-0.05, 0) is 47.9 Å². The summed E-state index contributed by atoms with van der Waals surface area (Å²) in [6.07, 6.45) is 1.37. The number of hydrogen-bond acceptors (Lipinski definition) is 4. The Morgan fingerprint density at radius 2 is 1.82 bits per heavy atom. The highest BCUT2D eigenvalue weighted by Crippen LogP contribution is 2.39. The minimum atomic E-state index is -1.13. The van der Waals surface area contributed by atoms with Crippen molar-refractivity contribution in [1.29, 1.82) is 0 Å². The van der Waals surface area contributed by atoms with Gasteiger partial charge in [-0.1, -0.05) is 24.3 Å². The van der Waals surface area contributed by atoms with Crippen LogP contribution >= 0.6 is 0 Å². The molecule has 1 atom stereocenters. The van der Waals surface area contributed by atoms with Gasteiger partial charge in [-0.2, -0.15) is 0 Å². The van der Waals surface area contributed by atoms with E-state index in [4.69, 9.17) is 5.11 Å². The van der Waals surface area contributed by atoms with Crippen molar-refractivity contribution in [2.45, 2.75) is 25.4 Å². The van der Waals surface area contributed by atoms with E-state index < -0.39 is 29.6 Å². The Morgan fingerprint density at radius 1 is 1.06 bits per heavy atom. The Bertz CT molecular complexity index is 1210. The molecule has 1 aliphatic heterocycles. The summed E-state index contributed by atoms with van der Waals surface area (Å²) < 4.78 is 27.7. The zero-order valence-electron chi connectivity index (χ0n) is 17.3. The van der Waals surface area contributed by atoms with E-state index in [9.17, 15) is 23.2 Å². The predicted molar refractivity (Wildman–Crippen MR) is 114 cm³/mol. The number of carbonyl (C=O) groups excluding carboxylic acids is 2. The van der Waals surface area contributed by atoms with Crippen molar-refractivity contribution in [2.75, 3.05) is 5.32 Å². The third-order valence-electron chi connectivity index (χ3n) is 5.44. The van der Waals surface area contributed by atoms with Crippen LogP contribution in [0.2, 0.25) is 0 Å². The Balaban J connectivity index is 1.50. The van der Waals surface area contributed by atoms with Crippen LogP contribution in [-0.2, 0) is 11.3 Å². The largest absolute Gasteiger partial charge is 0.478 e. The van der Waals surface area contributed by atoms with E-state index in [0.717, 1.165) is 6.20 Å². The maximum Gasteiger partial charge on any atom is 0.337 e. The van der Waals surface area contributed by atoms with Gasteiger partial charge in [-0.15, -0.1) is 0 Å². The highest BCUT2D eigenvalue weighted by atomic mass is 19.1. The van der Waals surface area contributed by atoms with Crippen LogP contribution in [0.5, 0.6) is 0 Å². The molecular weight excluding hydrogens is 432 g/mol. The molecule has 0 spiro atoms. The van der Waals surface area contributed by atoms with Gasteiger partial charge in [0.1, 0.15) is 17.5 Å². The molecule has 0 saturated heterocycles. The molecule has 3 aromatic rings. The first-order valence-corrected chi connectivity index (χ1v) is 10.2. The summed E-state index contributed by atoms with van der Waals surface area (Å²) in [5, 5.41) is 11.5. The van der Waals surface area contributed by atoms with E-state index in [0.29, 0.717) is 11.1 Å². The molecule has 2 amide bonds. The second-order valence-corrected chi connectivity index (χ2v) is 7.60. The van der Waals surface area contributed by atoms with Crippen LogP contribution in [0, 0.1) is 11.6 Å². The van der Waals surface area contributed by atoms with Gasteiger partial charge in [-0.25, -0.2) is 18.6 Å². The summed E-state index contributed by atoms with van der Waals surface area (Å²) in [7, 11) is 0. The lowest BCUT2D eigenvalue weighted by molar-refractivity contribution is -0.116. The van der Waals surface area contributed by atoms with Gasteiger partial charge < -0.3 is 15.3 Å². The number of halogens is 2. The third-order valence-corrected chi connectivity index (χ3v) is 5.44. The number of fused-ring (bicyclic) bond motifs is 1. The van der Waals surface area contributed by atoms with E-state index in [1.807, 2.05) is 0 Å². The molecule has 0 saturated carbocycles. The third kappa shape index (κ3) is 4.72. The molecule has 0 fully saturated rings. The molecule has 0 bridgehead atoms. The smallest absolute Gasteiger partial charge is 0.337 e. The van der Waals surface area contributed by atoms with Gasteiger partial charge >= 0.3 is 5.97 Å². The standard InChI is InChI=1S/C24H19F2N3O4/c25-16-7-4-14(5-8-16)13-29-19(17-2-1-3-18(26)22(17)23(29)31)9-11-21(30)28-20-10-6-15(12-27-20)24(32)33/h1-8,10,12,19H,9,11,13H2,(H,32,33)(H,27,28,30). The lowest BCUT2D eigenvalue weighted by Gasteiger charge is -2.25. The highest BCUT2D eigenvalue weighted by Gasteiger charge is 2.38. The van der Waals surface area contributed by atoms with Crippen LogP contribution in [0.1, 0.15) is 50.7 Å². The Morgan fingerprint density at radius 3 is 2.48 bits per heavy atom. The van der Waals surface area contributed by atoms with Crippen LogP contribution in [0.3, 0.4) is 0 Å². The lowest BCUT2D eigenvalue weighted by Crippen LogP contribution is -2.28. The van der Waals surface area contributed by atoms with E-state index in [-0.39, 0.29) is 42.2 Å². The number of carboxylic acid groups (broad SMARTS) is 1. The molecule has 9 heteroatoms. The maximum atomic E-state index is 14.4. The number of pyridine rings is 1. The van der Waals surface area contributed by atoms with Crippen molar-refractivity contribution in [3.8, 4) is 0 Å². The van der Waals surface area contributed by atoms with Crippen LogP contribution < -0.4 is 5.32 Å². The monoisotopic (exact) mass is 451 g/mol. The maximum absolute atomic E-state index is 14.4. The predicted octanol–water partition coefficient (Wildman–Crippen LogP) is 4.17. The molecule has 0 radical (unpaired) electrons. The highest BCUT2D eigenvalue weighted by molar-refractivity contribution is 5.99. The number of amides is 2. The second kappa shape index (κ2) is 9.15. The summed E-state index contributed by atoms with van der Waals surface area (Å²) in [5.74, 6) is -2.83. The lowest BCUT2D eigenvalue weighted by atomic mass is 10.00. The minimum Gasteiger partial charge on any atom is -0.478 e. The summed E-state index contributed by atoms with van der Waals surface area (Å²) in [6, 6.07) is 12.2. The molecule has 1 aliphatic rings. The summed E-state index contributed by atoms with van der Waals surface area (Å²) >= 11 is 0. The number of anilines is 1. The van der Waals surface area contributed by atoms with Crippen molar-refractivity contribution < 1.29 is 28.3 Å². The van der Waals surface area contributed by atoms with Gasteiger partial charge in [0.05, 0.1) is 17.2 Å². The molecular formula is C24H19F2N3O4. The fourth-order valence-corrected chi connectivity index (χ4v) is 3.84. The number of nitrogens with one attached hydrogen (secondary N) is 1. The van der Waals surface area contributed by atoms with E-state index in [1.165, 1.54) is 41.3 Å². The number of benzene rings is 2. The number of nitrogens with zero attached hydrogens (tertiary/aromatic N) is 2. The van der Waals surface area contributed by atoms with Gasteiger partial charge in [0.2, 0.25) is 5.91 Å². The number of aromatic nitrogens is 1. The molecule has 2 aromatic carbocycles. The first-order chi connectivity index (χ1) is 15.8. The van der Waals surface area contributed by atoms with Crippen LogP contribution in [0.25, 0.3) is 0 Å². The number of rotatable bonds is 7. The average Bonchev–Trinajstić information content (AvgIpc) is 3.06. The van der Waals surface area contributed by atoms with E-state index >= 15 is 0 Å². The molecule has 168 valence electrons. The van der Waals surface area contributed by atoms with Gasteiger partial charge in [0.25, 0.3) is 5.91 Å². The first-order valence-electron chi connectivity index (χ1n) is 10.2. The Labute approximate surface area is 187 Å². The van der Waals surface area contributed by atoms with Crippen LogP contribution in [0.4, 0.5) is 14.6 Å². The number of carboxylic acids is 1. The molecule has 33 heavy (non-hydrogen) atoms. The zero-order valence-corrected chi connectivity index (χ0v) is 17.3. The topological polar surface area (TPSA) is 99.6 Å². The second-order valence-electron chi connectivity index (χ2n) is 7.60. The van der Waals surface area contributed by atoms with E-state index in [2.05, 4.69) is 10.3 Å². The molecule has 2 heterocycles. The SMILES string of the molecule is O=C(CCC1c2cccc(F)c2C(=O)N1Cc1ccc(F)cc1)Nc1ccc(C(=O)O)cn1. The summed E-state index contributed by atoms with van der Waals surface area (Å²) in [4.78, 5) is 41.7. The Kier molecular flexibility index (Phi) is 6.12. The number of aromatic carboxylic acids is 1. The molecule has 4 rings (SSSR count). The first kappa shape index (κ1) is 22.1. The van der Waals surface area contributed by atoms with Crippen molar-refractivity contribution in [1.82, 2.24) is 9.88 Å². The normalized spacial score (nSPS) is 14.8. The minimum absolute atomic E-state index is 0.00691. The fourth-order valence-electron chi connectivity index (χ4n) is 3.84. The van der Waals surface area contributed by atoms with Crippen LogP contribution in [0.15, 0.2) is 60.8 Å². The van der Waals surface area contributed by atoms with Gasteiger partial charge in [-0.3, -0.25) is 9.59 Å². The number of hydrogen-bond donors (Lipinski definition) is 2. The van der Waals surface area contributed by atoms with Gasteiger partial charge in [0, 0.05) is 19.2 Å². The van der Waals surface area contributed by atoms with E-state index in [1.54, 1.807) is 18.2 Å².